The van der Waals surface area contributed by atoms with Crippen LogP contribution in [-0.2, 0) is 4.79 Å². The molecule has 0 amide bonds. The van der Waals surface area contributed by atoms with Crippen molar-refractivity contribution in [2.24, 2.45) is 0 Å². The first-order valence-electron chi connectivity index (χ1n) is 3.62. The van der Waals surface area contributed by atoms with Crippen LogP contribution in [0.5, 0.6) is 0 Å². The largest absolute Gasteiger partial charge is 0.478 e. The first-order valence-corrected chi connectivity index (χ1v) is 3.62. The zero-order valence-electron chi connectivity index (χ0n) is 7.29. The lowest BCUT2D eigenvalue weighted by Gasteiger charge is -1.85. The molecular formula is C9H9NO4. The van der Waals surface area contributed by atoms with Crippen LogP contribution in [0.2, 0.25) is 0 Å². The van der Waals surface area contributed by atoms with Gasteiger partial charge in [-0.25, -0.2) is 4.79 Å². The minimum atomic E-state index is -1.07. The molecule has 0 aromatic heterocycles. The Hall–Kier alpha value is -2.17. The highest BCUT2D eigenvalue weighted by Gasteiger charge is 2.00. The minimum absolute atomic E-state index is 0.148. The molecule has 0 aliphatic carbocycles. The molecule has 5 heteroatoms. The van der Waals surface area contributed by atoms with E-state index in [4.69, 9.17) is 5.11 Å². The van der Waals surface area contributed by atoms with Crippen molar-refractivity contribution in [2.45, 2.75) is 0 Å². The third kappa shape index (κ3) is 5.48. The fraction of sp³-hybridized carbons (Fsp3) is 0. The molecule has 0 spiro atoms. The second-order valence-corrected chi connectivity index (χ2v) is 2.14. The lowest BCUT2D eigenvalue weighted by molar-refractivity contribution is -0.418. The molecule has 0 heterocycles. The van der Waals surface area contributed by atoms with Crippen molar-refractivity contribution in [3.8, 4) is 0 Å². The lowest BCUT2D eigenvalue weighted by Crippen LogP contribution is -1.93. The zero-order chi connectivity index (χ0) is 11.0. The number of carboxylic acids is 1. The molecule has 0 aliphatic rings. The van der Waals surface area contributed by atoms with E-state index in [0.29, 0.717) is 0 Å². The Morgan fingerprint density at radius 2 is 2.00 bits per heavy atom. The highest BCUT2D eigenvalue weighted by Crippen LogP contribution is 1.96. The van der Waals surface area contributed by atoms with Gasteiger partial charge in [0.2, 0.25) is 0 Å². The number of nitro groups is 1. The van der Waals surface area contributed by atoms with Gasteiger partial charge in [-0.3, -0.25) is 10.1 Å². The number of aliphatic carboxylic acids is 1. The van der Waals surface area contributed by atoms with E-state index >= 15 is 0 Å². The predicted molar refractivity (Wildman–Crippen MR) is 51.2 cm³/mol. The quantitative estimate of drug-likeness (QED) is 0.312. The van der Waals surface area contributed by atoms with Gasteiger partial charge in [0.05, 0.1) is 4.92 Å². The number of rotatable bonds is 5. The van der Waals surface area contributed by atoms with Crippen molar-refractivity contribution < 1.29 is 14.8 Å². The summed E-state index contributed by atoms with van der Waals surface area (Å²) < 4.78 is 0. The van der Waals surface area contributed by atoms with Crippen molar-refractivity contribution in [3.05, 3.63) is 58.8 Å². The summed E-state index contributed by atoms with van der Waals surface area (Å²) in [6.45, 7) is 3.25. The van der Waals surface area contributed by atoms with Crippen LogP contribution in [-0.4, -0.2) is 16.0 Å². The Balaban J connectivity index is 4.32. The number of hydrogen-bond donors (Lipinski definition) is 1. The van der Waals surface area contributed by atoms with Crippen molar-refractivity contribution in [1.82, 2.24) is 0 Å². The molecule has 0 aromatic carbocycles. The molecule has 1 N–H and O–H groups in total. The molecule has 0 radical (unpaired) electrons. The average Bonchev–Trinajstić information content (AvgIpc) is 2.10. The summed E-state index contributed by atoms with van der Waals surface area (Å²) in [4.78, 5) is 19.6. The molecule has 0 aromatic rings. The van der Waals surface area contributed by atoms with Crippen molar-refractivity contribution in [2.75, 3.05) is 0 Å². The standard InChI is InChI=1S/C9H9NO4/c1-2-8(10(13)14)6-4-3-5-7-9(11)12/h2-7H,1H2,(H,11,12)/b4-3+,7-5+,8-6-. The van der Waals surface area contributed by atoms with E-state index in [-0.39, 0.29) is 5.70 Å². The highest BCUT2D eigenvalue weighted by molar-refractivity contribution is 5.80. The maximum atomic E-state index is 10.2. The molecule has 14 heavy (non-hydrogen) atoms. The predicted octanol–water partition coefficient (Wildman–Crippen LogP) is 1.53. The summed E-state index contributed by atoms with van der Waals surface area (Å²) in [5.74, 6) is -1.07. The normalized spacial score (nSPS) is 12.1. The van der Waals surface area contributed by atoms with Gasteiger partial charge in [0.15, 0.2) is 0 Å². The van der Waals surface area contributed by atoms with Crippen LogP contribution in [0.4, 0.5) is 0 Å². The van der Waals surface area contributed by atoms with E-state index in [1.54, 1.807) is 0 Å². The maximum Gasteiger partial charge on any atom is 0.328 e. The number of carboxylic acid groups (broad SMARTS) is 1. The number of carbonyl (C=O) groups is 1. The van der Waals surface area contributed by atoms with E-state index in [9.17, 15) is 14.9 Å². The summed E-state index contributed by atoms with van der Waals surface area (Å²) in [6.07, 6.45) is 7.24. The van der Waals surface area contributed by atoms with Crippen molar-refractivity contribution in [3.63, 3.8) is 0 Å². The van der Waals surface area contributed by atoms with Gasteiger partial charge >= 0.3 is 5.97 Å². The van der Waals surface area contributed by atoms with Crippen LogP contribution in [0, 0.1) is 10.1 Å². The van der Waals surface area contributed by atoms with Crippen LogP contribution >= 0.6 is 0 Å². The Labute approximate surface area is 80.5 Å². The van der Waals surface area contributed by atoms with Crippen LogP contribution in [0.25, 0.3) is 0 Å². The SMILES string of the molecule is C=C/C(=C/C=C/C=C/C(=O)O)[N+](=O)[O-]. The average molecular weight is 195 g/mol. The second-order valence-electron chi connectivity index (χ2n) is 2.14. The van der Waals surface area contributed by atoms with Crippen LogP contribution in [0.3, 0.4) is 0 Å². The molecule has 0 fully saturated rings. The van der Waals surface area contributed by atoms with Gasteiger partial charge in [-0.2, -0.15) is 0 Å². The summed E-state index contributed by atoms with van der Waals surface area (Å²) in [5, 5.41) is 18.4. The van der Waals surface area contributed by atoms with Gasteiger partial charge < -0.3 is 5.11 Å². The zero-order valence-corrected chi connectivity index (χ0v) is 7.29. The van der Waals surface area contributed by atoms with Gasteiger partial charge in [-0.15, -0.1) is 0 Å². The second kappa shape index (κ2) is 6.36. The van der Waals surface area contributed by atoms with Gasteiger partial charge in [-0.1, -0.05) is 24.8 Å². The van der Waals surface area contributed by atoms with E-state index < -0.39 is 10.9 Å². The fourth-order valence-electron chi connectivity index (χ4n) is 0.560. The summed E-state index contributed by atoms with van der Waals surface area (Å²) in [7, 11) is 0. The molecule has 0 rings (SSSR count). The molecule has 0 aliphatic heterocycles. The molecule has 0 bridgehead atoms. The highest BCUT2D eigenvalue weighted by atomic mass is 16.6. The summed E-state index contributed by atoms with van der Waals surface area (Å²) in [5.41, 5.74) is -0.148. The third-order valence-corrected chi connectivity index (χ3v) is 1.15. The monoisotopic (exact) mass is 195 g/mol. The van der Waals surface area contributed by atoms with E-state index in [0.717, 1.165) is 12.2 Å². The molecule has 0 unspecified atom stereocenters. The van der Waals surface area contributed by atoms with Gasteiger partial charge in [-0.05, 0) is 0 Å². The molecule has 0 saturated carbocycles. The Bertz CT molecular complexity index is 326. The Kier molecular flexibility index (Phi) is 5.37. The van der Waals surface area contributed by atoms with Crippen molar-refractivity contribution in [1.29, 1.82) is 0 Å². The van der Waals surface area contributed by atoms with Gasteiger partial charge in [0, 0.05) is 18.2 Å². The lowest BCUT2D eigenvalue weighted by atomic mass is 10.3. The maximum absolute atomic E-state index is 10.2. The molecular weight excluding hydrogens is 186 g/mol. The minimum Gasteiger partial charge on any atom is -0.478 e. The Morgan fingerprint density at radius 3 is 2.43 bits per heavy atom. The number of allylic oxidation sites excluding steroid dienone is 5. The number of nitrogens with zero attached hydrogens (tertiary/aromatic N) is 1. The molecule has 0 atom stereocenters. The fourth-order valence-corrected chi connectivity index (χ4v) is 0.560. The third-order valence-electron chi connectivity index (χ3n) is 1.15. The van der Waals surface area contributed by atoms with Gasteiger partial charge in [0.25, 0.3) is 5.70 Å². The summed E-state index contributed by atoms with van der Waals surface area (Å²) in [6, 6.07) is 0. The van der Waals surface area contributed by atoms with Crippen LogP contribution in [0.15, 0.2) is 48.7 Å². The number of hydrogen-bond acceptors (Lipinski definition) is 3. The Morgan fingerprint density at radius 1 is 1.36 bits per heavy atom. The smallest absolute Gasteiger partial charge is 0.328 e. The first kappa shape index (κ1) is 11.8. The molecule has 0 saturated heterocycles. The van der Waals surface area contributed by atoms with Crippen LogP contribution < -0.4 is 0 Å². The van der Waals surface area contributed by atoms with Crippen LogP contribution in [0.1, 0.15) is 0 Å². The van der Waals surface area contributed by atoms with E-state index in [1.165, 1.54) is 24.3 Å². The van der Waals surface area contributed by atoms with Crippen molar-refractivity contribution >= 4 is 5.97 Å². The van der Waals surface area contributed by atoms with E-state index in [2.05, 4.69) is 6.58 Å². The van der Waals surface area contributed by atoms with Gasteiger partial charge in [0.1, 0.15) is 0 Å². The summed E-state index contributed by atoms with van der Waals surface area (Å²) >= 11 is 0. The first-order chi connectivity index (χ1) is 6.57. The molecule has 5 nitrogen and oxygen atoms in total. The van der Waals surface area contributed by atoms with E-state index in [1.807, 2.05) is 0 Å². The topological polar surface area (TPSA) is 80.4 Å². The molecule has 74 valence electrons.